The highest BCUT2D eigenvalue weighted by Crippen LogP contribution is 2.28. The second-order valence-corrected chi connectivity index (χ2v) is 7.48. The summed E-state index contributed by atoms with van der Waals surface area (Å²) in [7, 11) is -3.54. The van der Waals surface area contributed by atoms with Gasteiger partial charge in [-0.25, -0.2) is 13.1 Å². The summed E-state index contributed by atoms with van der Waals surface area (Å²) < 4.78 is 27.2. The van der Waals surface area contributed by atoms with Crippen molar-refractivity contribution in [2.24, 2.45) is 0 Å². The Morgan fingerprint density at radius 3 is 2.43 bits per heavy atom. The molecule has 0 bridgehead atoms. The third-order valence-electron chi connectivity index (χ3n) is 3.99. The summed E-state index contributed by atoms with van der Waals surface area (Å²) in [4.78, 5) is 0.148. The van der Waals surface area contributed by atoms with Crippen LogP contribution in [-0.2, 0) is 16.4 Å². The number of benzene rings is 2. The Labute approximate surface area is 136 Å². The van der Waals surface area contributed by atoms with Crippen LogP contribution in [0.25, 0.3) is 11.1 Å². The fourth-order valence-electron chi connectivity index (χ4n) is 2.44. The first kappa shape index (κ1) is 15.7. The first-order chi connectivity index (χ1) is 11.0. The summed E-state index contributed by atoms with van der Waals surface area (Å²) in [5, 5.41) is 9.40. The standard InChI is InChI=1S/C18H18N2O2S/c1-2-13-3-5-14(6-4-13)18-10-9-17(11-15(18)12-19)23(21,22)20-16-7-8-16/h3-6,9-11,16,20H,2,7-8H2,1H3. The minimum absolute atomic E-state index is 0.0480. The van der Waals surface area contributed by atoms with Gasteiger partial charge in [-0.3, -0.25) is 0 Å². The van der Waals surface area contributed by atoms with E-state index in [4.69, 9.17) is 0 Å². The third-order valence-corrected chi connectivity index (χ3v) is 5.51. The summed E-state index contributed by atoms with van der Waals surface area (Å²) in [6.07, 6.45) is 2.72. The van der Waals surface area contributed by atoms with E-state index in [1.165, 1.54) is 11.6 Å². The lowest BCUT2D eigenvalue weighted by molar-refractivity contribution is 0.581. The molecule has 0 spiro atoms. The molecule has 5 heteroatoms. The molecule has 1 aliphatic carbocycles. The van der Waals surface area contributed by atoms with Crippen LogP contribution in [0, 0.1) is 11.3 Å². The first-order valence-corrected chi connectivity index (χ1v) is 9.17. The van der Waals surface area contributed by atoms with Crippen LogP contribution < -0.4 is 4.72 Å². The van der Waals surface area contributed by atoms with E-state index in [9.17, 15) is 13.7 Å². The number of hydrogen-bond acceptors (Lipinski definition) is 3. The van der Waals surface area contributed by atoms with E-state index >= 15 is 0 Å². The number of nitrogens with one attached hydrogen (secondary N) is 1. The van der Waals surface area contributed by atoms with Crippen molar-refractivity contribution in [2.45, 2.75) is 37.1 Å². The molecule has 0 unspecified atom stereocenters. The third kappa shape index (κ3) is 3.44. The molecule has 4 nitrogen and oxygen atoms in total. The lowest BCUT2D eigenvalue weighted by Crippen LogP contribution is -2.25. The monoisotopic (exact) mass is 326 g/mol. The maximum absolute atomic E-state index is 12.3. The summed E-state index contributed by atoms with van der Waals surface area (Å²) in [6.45, 7) is 2.09. The van der Waals surface area contributed by atoms with Crippen molar-refractivity contribution in [3.05, 3.63) is 53.6 Å². The van der Waals surface area contributed by atoms with Gasteiger partial charge in [-0.05, 0) is 48.1 Å². The zero-order chi connectivity index (χ0) is 16.4. The molecule has 2 aromatic rings. The number of hydrogen-bond donors (Lipinski definition) is 1. The molecule has 0 aliphatic heterocycles. The average Bonchev–Trinajstić information content (AvgIpc) is 3.37. The fourth-order valence-corrected chi connectivity index (χ4v) is 3.77. The van der Waals surface area contributed by atoms with E-state index in [1.54, 1.807) is 12.1 Å². The first-order valence-electron chi connectivity index (χ1n) is 7.69. The van der Waals surface area contributed by atoms with Gasteiger partial charge in [-0.1, -0.05) is 37.3 Å². The van der Waals surface area contributed by atoms with Gasteiger partial charge in [-0.2, -0.15) is 5.26 Å². The van der Waals surface area contributed by atoms with Crippen molar-refractivity contribution in [1.82, 2.24) is 4.72 Å². The van der Waals surface area contributed by atoms with Crippen LogP contribution in [-0.4, -0.2) is 14.5 Å². The number of rotatable bonds is 5. The van der Waals surface area contributed by atoms with Gasteiger partial charge in [0.15, 0.2) is 0 Å². The zero-order valence-electron chi connectivity index (χ0n) is 12.9. The van der Waals surface area contributed by atoms with Gasteiger partial charge in [-0.15, -0.1) is 0 Å². The molecule has 2 aromatic carbocycles. The quantitative estimate of drug-likeness (QED) is 0.917. The van der Waals surface area contributed by atoms with Gasteiger partial charge >= 0.3 is 0 Å². The van der Waals surface area contributed by atoms with Crippen LogP contribution in [0.5, 0.6) is 0 Å². The summed E-state index contributed by atoms with van der Waals surface area (Å²) in [5.74, 6) is 0. The van der Waals surface area contributed by atoms with Gasteiger partial charge in [0.25, 0.3) is 0 Å². The lowest BCUT2D eigenvalue weighted by atomic mass is 9.99. The second kappa shape index (κ2) is 6.15. The molecule has 0 aromatic heterocycles. The minimum Gasteiger partial charge on any atom is -0.208 e. The molecule has 0 atom stereocenters. The zero-order valence-corrected chi connectivity index (χ0v) is 13.7. The number of nitrogens with zero attached hydrogens (tertiary/aromatic N) is 1. The molecule has 0 radical (unpaired) electrons. The second-order valence-electron chi connectivity index (χ2n) is 5.77. The highest BCUT2D eigenvalue weighted by Gasteiger charge is 2.28. The molecule has 1 saturated carbocycles. The lowest BCUT2D eigenvalue weighted by Gasteiger charge is -2.09. The van der Waals surface area contributed by atoms with Crippen LogP contribution in [0.3, 0.4) is 0 Å². The van der Waals surface area contributed by atoms with Crippen LogP contribution in [0.1, 0.15) is 30.9 Å². The van der Waals surface area contributed by atoms with E-state index in [2.05, 4.69) is 17.7 Å². The van der Waals surface area contributed by atoms with Crippen molar-refractivity contribution in [3.63, 3.8) is 0 Å². The molecular weight excluding hydrogens is 308 g/mol. The Morgan fingerprint density at radius 1 is 1.17 bits per heavy atom. The maximum atomic E-state index is 12.3. The molecule has 0 heterocycles. The predicted molar refractivity (Wildman–Crippen MR) is 89.3 cm³/mol. The van der Waals surface area contributed by atoms with Crippen molar-refractivity contribution in [3.8, 4) is 17.2 Å². The average molecular weight is 326 g/mol. The van der Waals surface area contributed by atoms with E-state index in [0.29, 0.717) is 5.56 Å². The molecule has 118 valence electrons. The number of sulfonamides is 1. The Balaban J connectivity index is 1.97. The predicted octanol–water partition coefficient (Wildman–Crippen LogP) is 3.23. The Morgan fingerprint density at radius 2 is 1.87 bits per heavy atom. The number of nitriles is 1. The van der Waals surface area contributed by atoms with Crippen LogP contribution in [0.2, 0.25) is 0 Å². The highest BCUT2D eigenvalue weighted by molar-refractivity contribution is 7.89. The largest absolute Gasteiger partial charge is 0.240 e. The van der Waals surface area contributed by atoms with Gasteiger partial charge < -0.3 is 0 Å². The fraction of sp³-hybridized carbons (Fsp3) is 0.278. The summed E-state index contributed by atoms with van der Waals surface area (Å²) >= 11 is 0. The van der Waals surface area contributed by atoms with Gasteiger partial charge in [0.1, 0.15) is 0 Å². The van der Waals surface area contributed by atoms with Crippen molar-refractivity contribution >= 4 is 10.0 Å². The smallest absolute Gasteiger partial charge is 0.208 e. The Kier molecular flexibility index (Phi) is 4.20. The molecule has 23 heavy (non-hydrogen) atoms. The van der Waals surface area contributed by atoms with Crippen molar-refractivity contribution in [2.75, 3.05) is 0 Å². The molecule has 3 rings (SSSR count). The molecule has 0 amide bonds. The minimum atomic E-state index is -3.54. The van der Waals surface area contributed by atoms with Gasteiger partial charge in [0.05, 0.1) is 16.5 Å². The molecular formula is C18H18N2O2S. The summed E-state index contributed by atoms with van der Waals surface area (Å²) in [6, 6.07) is 14.9. The Hall–Kier alpha value is -2.16. The van der Waals surface area contributed by atoms with E-state index in [1.807, 2.05) is 24.3 Å². The topological polar surface area (TPSA) is 70.0 Å². The number of aryl methyl sites for hydroxylation is 1. The Bertz CT molecular complexity index is 861. The van der Waals surface area contributed by atoms with E-state index in [0.717, 1.165) is 30.4 Å². The SMILES string of the molecule is CCc1ccc(-c2ccc(S(=O)(=O)NC3CC3)cc2C#N)cc1. The van der Waals surface area contributed by atoms with E-state index in [-0.39, 0.29) is 10.9 Å². The van der Waals surface area contributed by atoms with Crippen molar-refractivity contribution < 1.29 is 8.42 Å². The molecule has 0 saturated heterocycles. The van der Waals surface area contributed by atoms with Crippen molar-refractivity contribution in [1.29, 1.82) is 5.26 Å². The van der Waals surface area contributed by atoms with Crippen LogP contribution >= 0.6 is 0 Å². The highest BCUT2D eigenvalue weighted by atomic mass is 32.2. The molecule has 1 aliphatic rings. The van der Waals surface area contributed by atoms with Crippen LogP contribution in [0.15, 0.2) is 47.4 Å². The molecule has 1 N–H and O–H groups in total. The molecule has 1 fully saturated rings. The van der Waals surface area contributed by atoms with Crippen LogP contribution in [0.4, 0.5) is 0 Å². The van der Waals surface area contributed by atoms with E-state index < -0.39 is 10.0 Å². The maximum Gasteiger partial charge on any atom is 0.240 e. The van der Waals surface area contributed by atoms with Gasteiger partial charge in [0.2, 0.25) is 10.0 Å². The normalized spacial score (nSPS) is 14.4. The van der Waals surface area contributed by atoms with Gasteiger partial charge in [0, 0.05) is 6.04 Å². The summed E-state index contributed by atoms with van der Waals surface area (Å²) in [5.41, 5.74) is 3.26.